The SMILES string of the molecule is CC[C@H](C)[C@H](NC(=O)[C@@H](CC(=O)[C@H](CCCN=C(N)N)NC(=O)c1cc(C)n(-c2ccccc2)n1)CC(C)C)C(=O)C[C@@H](Cc1ccccc1)C(=O)O. The predicted molar refractivity (Wildman–Crippen MR) is 204 cm³/mol. The minimum Gasteiger partial charge on any atom is -0.481 e. The lowest BCUT2D eigenvalue weighted by atomic mass is 9.85. The van der Waals surface area contributed by atoms with E-state index in [1.54, 1.807) is 10.7 Å². The van der Waals surface area contributed by atoms with Gasteiger partial charge in [0.1, 0.15) is 0 Å². The van der Waals surface area contributed by atoms with Crippen molar-refractivity contribution in [1.29, 1.82) is 0 Å². The zero-order valence-corrected chi connectivity index (χ0v) is 31.5. The first-order chi connectivity index (χ1) is 25.2. The molecule has 0 fully saturated rings. The van der Waals surface area contributed by atoms with Gasteiger partial charge in [-0.1, -0.05) is 82.6 Å². The van der Waals surface area contributed by atoms with Crippen LogP contribution in [0, 0.1) is 30.6 Å². The van der Waals surface area contributed by atoms with Gasteiger partial charge in [-0.15, -0.1) is 0 Å². The number of para-hydroxylation sites is 1. The second-order valence-corrected chi connectivity index (χ2v) is 14.2. The number of hydrogen-bond acceptors (Lipinski definition) is 7. The van der Waals surface area contributed by atoms with Crippen molar-refractivity contribution < 1.29 is 29.1 Å². The van der Waals surface area contributed by atoms with Crippen LogP contribution in [0.1, 0.15) is 88.0 Å². The Labute approximate surface area is 312 Å². The fourth-order valence-corrected chi connectivity index (χ4v) is 6.26. The fraction of sp³-hybridized carbons (Fsp3) is 0.475. The lowest BCUT2D eigenvalue weighted by Gasteiger charge is -2.28. The Morgan fingerprint density at radius 3 is 2.09 bits per heavy atom. The smallest absolute Gasteiger partial charge is 0.307 e. The summed E-state index contributed by atoms with van der Waals surface area (Å²) in [7, 11) is 0. The molecular weight excluding hydrogens is 674 g/mol. The molecule has 3 aromatic rings. The molecule has 2 amide bonds. The summed E-state index contributed by atoms with van der Waals surface area (Å²) in [6, 6.07) is 18.2. The summed E-state index contributed by atoms with van der Waals surface area (Å²) in [4.78, 5) is 71.3. The number of carbonyl (C=O) groups is 5. The molecule has 3 rings (SSSR count). The highest BCUT2D eigenvalue weighted by Crippen LogP contribution is 2.22. The summed E-state index contributed by atoms with van der Waals surface area (Å²) < 4.78 is 1.64. The van der Waals surface area contributed by atoms with Crippen molar-refractivity contribution in [1.82, 2.24) is 20.4 Å². The minimum absolute atomic E-state index is 0.0263. The number of ketones is 2. The molecule has 7 N–H and O–H groups in total. The van der Waals surface area contributed by atoms with Crippen molar-refractivity contribution in [2.45, 2.75) is 91.6 Å². The number of amides is 2. The van der Waals surface area contributed by atoms with Crippen LogP contribution < -0.4 is 22.1 Å². The Morgan fingerprint density at radius 1 is 0.887 bits per heavy atom. The number of Topliss-reactive ketones (excluding diaryl/α,β-unsaturated/α-hetero) is 2. The first-order valence-electron chi connectivity index (χ1n) is 18.3. The summed E-state index contributed by atoms with van der Waals surface area (Å²) in [5.74, 6) is -4.95. The average Bonchev–Trinajstić information content (AvgIpc) is 3.52. The minimum atomic E-state index is -1.09. The third-order valence-electron chi connectivity index (χ3n) is 9.31. The van der Waals surface area contributed by atoms with E-state index in [9.17, 15) is 29.1 Å². The molecule has 1 heterocycles. The summed E-state index contributed by atoms with van der Waals surface area (Å²) in [6.45, 7) is 9.66. The first kappa shape index (κ1) is 42.1. The van der Waals surface area contributed by atoms with Crippen LogP contribution in [-0.2, 0) is 25.6 Å². The summed E-state index contributed by atoms with van der Waals surface area (Å²) in [6.07, 6.45) is 1.23. The van der Waals surface area contributed by atoms with Gasteiger partial charge in [0.15, 0.2) is 23.2 Å². The molecule has 0 bridgehead atoms. The molecule has 13 nitrogen and oxygen atoms in total. The quantitative estimate of drug-likeness (QED) is 0.0563. The van der Waals surface area contributed by atoms with Gasteiger partial charge in [-0.2, -0.15) is 5.10 Å². The maximum Gasteiger partial charge on any atom is 0.307 e. The highest BCUT2D eigenvalue weighted by molar-refractivity contribution is 5.98. The number of hydrogen-bond donors (Lipinski definition) is 5. The van der Waals surface area contributed by atoms with Gasteiger partial charge in [0.05, 0.1) is 23.7 Å². The van der Waals surface area contributed by atoms with Gasteiger partial charge in [0.25, 0.3) is 5.91 Å². The van der Waals surface area contributed by atoms with Gasteiger partial charge >= 0.3 is 5.97 Å². The Morgan fingerprint density at radius 2 is 1.51 bits per heavy atom. The van der Waals surface area contributed by atoms with Crippen molar-refractivity contribution in [2.75, 3.05) is 6.54 Å². The number of carboxylic acid groups (broad SMARTS) is 1. The average molecular weight is 730 g/mol. The van der Waals surface area contributed by atoms with Crippen LogP contribution in [0.4, 0.5) is 0 Å². The number of nitrogens with one attached hydrogen (secondary N) is 2. The molecule has 13 heteroatoms. The lowest BCUT2D eigenvalue weighted by Crippen LogP contribution is -2.49. The first-order valence-corrected chi connectivity index (χ1v) is 18.3. The second kappa shape index (κ2) is 20.6. The van der Waals surface area contributed by atoms with E-state index in [-0.39, 0.29) is 67.3 Å². The number of carbonyl (C=O) groups excluding carboxylic acids is 4. The third-order valence-corrected chi connectivity index (χ3v) is 9.31. The largest absolute Gasteiger partial charge is 0.481 e. The number of benzene rings is 2. The Kier molecular flexibility index (Phi) is 16.4. The highest BCUT2D eigenvalue weighted by Gasteiger charge is 2.34. The van der Waals surface area contributed by atoms with E-state index in [2.05, 4.69) is 20.7 Å². The van der Waals surface area contributed by atoms with E-state index in [0.717, 1.165) is 16.9 Å². The van der Waals surface area contributed by atoms with Crippen molar-refractivity contribution >= 4 is 35.3 Å². The van der Waals surface area contributed by atoms with Crippen molar-refractivity contribution in [3.8, 4) is 5.69 Å². The summed E-state index contributed by atoms with van der Waals surface area (Å²) >= 11 is 0. The van der Waals surface area contributed by atoms with Gasteiger partial charge in [-0.3, -0.25) is 29.0 Å². The Hall–Kier alpha value is -5.33. The van der Waals surface area contributed by atoms with E-state index in [4.69, 9.17) is 11.5 Å². The van der Waals surface area contributed by atoms with Crippen LogP contribution in [0.15, 0.2) is 71.7 Å². The zero-order valence-electron chi connectivity index (χ0n) is 31.5. The number of nitrogens with zero attached hydrogens (tertiary/aromatic N) is 3. The number of aliphatic carboxylic acids is 1. The molecule has 286 valence electrons. The molecule has 5 atom stereocenters. The van der Waals surface area contributed by atoms with Crippen molar-refractivity contribution in [3.05, 3.63) is 83.7 Å². The summed E-state index contributed by atoms with van der Waals surface area (Å²) in [5, 5.41) is 20.2. The van der Waals surface area contributed by atoms with Gasteiger partial charge in [-0.05, 0) is 68.2 Å². The topological polar surface area (TPSA) is 212 Å². The predicted octanol–water partition coefficient (Wildman–Crippen LogP) is 4.39. The van der Waals surface area contributed by atoms with Gasteiger partial charge in [-0.25, -0.2) is 4.68 Å². The number of aryl methyl sites for hydroxylation is 1. The van der Waals surface area contributed by atoms with Crippen molar-refractivity contribution in [2.24, 2.45) is 40.1 Å². The molecule has 0 radical (unpaired) electrons. The Balaban J connectivity index is 1.81. The second-order valence-electron chi connectivity index (χ2n) is 14.2. The van der Waals surface area contributed by atoms with Crippen molar-refractivity contribution in [3.63, 3.8) is 0 Å². The highest BCUT2D eigenvalue weighted by atomic mass is 16.4. The normalized spacial score (nSPS) is 14.0. The molecule has 53 heavy (non-hydrogen) atoms. The van der Waals surface area contributed by atoms with E-state index in [1.165, 1.54) is 0 Å². The fourth-order valence-electron chi connectivity index (χ4n) is 6.26. The molecule has 0 saturated heterocycles. The van der Waals surface area contributed by atoms with E-state index < -0.39 is 41.7 Å². The van der Waals surface area contributed by atoms with E-state index >= 15 is 0 Å². The molecule has 0 unspecified atom stereocenters. The molecule has 0 aliphatic rings. The standard InChI is InChI=1S/C40H55N7O6/c1-6-26(4)36(35(49)24-30(39(52)53)22-28-14-9-7-10-15-28)45-37(50)29(20-25(2)3)23-34(48)32(18-13-19-43-40(41)42)44-38(51)33-21-27(5)47(46-33)31-16-11-8-12-17-31/h7-12,14-17,21,25-26,29-30,32,36H,6,13,18-20,22-24H2,1-5H3,(H,44,51)(H,45,50)(H,52,53)(H4,41,42,43)/t26-,29+,30+,32-,36-/m0/s1. The Bertz CT molecular complexity index is 1700. The van der Waals surface area contributed by atoms with E-state index in [0.29, 0.717) is 19.3 Å². The van der Waals surface area contributed by atoms with Crippen LogP contribution in [0.3, 0.4) is 0 Å². The van der Waals surface area contributed by atoms with Crippen LogP contribution >= 0.6 is 0 Å². The molecule has 0 saturated carbocycles. The number of aromatic nitrogens is 2. The third kappa shape index (κ3) is 13.3. The molecule has 0 aliphatic heterocycles. The number of nitrogens with two attached hydrogens (primary N) is 2. The van der Waals surface area contributed by atoms with Crippen LogP contribution in [0.5, 0.6) is 0 Å². The monoisotopic (exact) mass is 729 g/mol. The van der Waals surface area contributed by atoms with Gasteiger partial charge in [0.2, 0.25) is 5.91 Å². The number of carboxylic acids is 1. The molecule has 0 aliphatic carbocycles. The maximum absolute atomic E-state index is 14.0. The molecule has 0 spiro atoms. The lowest BCUT2D eigenvalue weighted by molar-refractivity contribution is -0.144. The van der Waals surface area contributed by atoms with Crippen LogP contribution in [-0.4, -0.2) is 68.8 Å². The summed E-state index contributed by atoms with van der Waals surface area (Å²) in [5.41, 5.74) is 13.4. The molecule has 1 aromatic heterocycles. The van der Waals surface area contributed by atoms with Gasteiger partial charge in [0, 0.05) is 31.0 Å². The zero-order chi connectivity index (χ0) is 39.1. The number of rotatable bonds is 22. The molecule has 2 aromatic carbocycles. The van der Waals surface area contributed by atoms with Gasteiger partial charge < -0.3 is 27.2 Å². The molecular formula is C40H55N7O6. The van der Waals surface area contributed by atoms with Crippen LogP contribution in [0.2, 0.25) is 0 Å². The van der Waals surface area contributed by atoms with E-state index in [1.807, 2.05) is 95.3 Å². The van der Waals surface area contributed by atoms with Crippen LogP contribution in [0.25, 0.3) is 5.69 Å². The number of guanidine groups is 1. The maximum atomic E-state index is 14.0. The number of aliphatic imine (C=N–C) groups is 1.